The van der Waals surface area contributed by atoms with Crippen LogP contribution in [0.1, 0.15) is 43.3 Å². The number of pyridine rings is 1. The Bertz CT molecular complexity index is 891. The molecule has 0 spiro atoms. The summed E-state index contributed by atoms with van der Waals surface area (Å²) in [5.74, 6) is 0.916. The quantitative estimate of drug-likeness (QED) is 0.610. The maximum absolute atomic E-state index is 5.54. The van der Waals surface area contributed by atoms with E-state index in [1.807, 2.05) is 12.1 Å². The van der Waals surface area contributed by atoms with Crippen LogP contribution in [0.2, 0.25) is 0 Å². The van der Waals surface area contributed by atoms with Crippen LogP contribution in [0.15, 0.2) is 41.0 Å². The fraction of sp³-hybridized carbons (Fsp3) is 0.350. The maximum Gasteiger partial charge on any atom is 0.140 e. The molecule has 1 aromatic carbocycles. The number of ether oxygens (including phenoxy) is 1. The minimum absolute atomic E-state index is 0.0255. The minimum Gasteiger partial charge on any atom is -0.496 e. The van der Waals surface area contributed by atoms with Gasteiger partial charge in [-0.05, 0) is 40.5 Å². The Morgan fingerprint density at radius 3 is 2.58 bits per heavy atom. The fourth-order valence-corrected chi connectivity index (χ4v) is 3.66. The number of hydrogen-bond acceptors (Lipinski definition) is 2. The molecule has 3 nitrogen and oxygen atoms in total. The third-order valence-corrected chi connectivity index (χ3v) is 4.66. The molecule has 0 saturated carbocycles. The molecule has 0 atom stereocenters. The molecular formula is C20H23BrN2O. The molecule has 0 amide bonds. The van der Waals surface area contributed by atoms with Crippen LogP contribution in [0.25, 0.3) is 5.65 Å². The summed E-state index contributed by atoms with van der Waals surface area (Å²) >= 11 is 3.62. The van der Waals surface area contributed by atoms with E-state index in [2.05, 4.69) is 72.4 Å². The van der Waals surface area contributed by atoms with E-state index in [0.29, 0.717) is 0 Å². The third-order valence-electron chi connectivity index (χ3n) is 4.23. The number of nitrogens with zero attached hydrogens (tertiary/aromatic N) is 2. The summed E-state index contributed by atoms with van der Waals surface area (Å²) in [6, 6.07) is 10.3. The number of fused-ring (bicyclic) bond motifs is 1. The lowest BCUT2D eigenvalue weighted by molar-refractivity contribution is 0.410. The highest BCUT2D eigenvalue weighted by atomic mass is 79.9. The predicted molar refractivity (Wildman–Crippen MR) is 102 cm³/mol. The molecule has 24 heavy (non-hydrogen) atoms. The molecule has 0 N–H and O–H groups in total. The van der Waals surface area contributed by atoms with E-state index in [0.717, 1.165) is 28.0 Å². The second kappa shape index (κ2) is 6.25. The van der Waals surface area contributed by atoms with Crippen molar-refractivity contribution in [3.8, 4) is 5.75 Å². The molecule has 2 heterocycles. The van der Waals surface area contributed by atoms with Crippen LogP contribution in [-0.4, -0.2) is 16.5 Å². The topological polar surface area (TPSA) is 26.5 Å². The lowest BCUT2D eigenvalue weighted by Gasteiger charge is -2.18. The van der Waals surface area contributed by atoms with E-state index in [-0.39, 0.29) is 5.41 Å². The molecule has 0 aliphatic heterocycles. The van der Waals surface area contributed by atoms with Crippen molar-refractivity contribution >= 4 is 21.6 Å². The van der Waals surface area contributed by atoms with Crippen molar-refractivity contribution < 1.29 is 4.74 Å². The van der Waals surface area contributed by atoms with E-state index < -0.39 is 0 Å². The fourth-order valence-electron chi connectivity index (χ4n) is 3.11. The standard InChI is InChI=1S/C20H23BrN2O/c1-13-10-15(21)12-23-16(18(20(2,3)4)22-19(13)23)11-14-8-6-7-9-17(14)24-5/h6-10,12H,11H2,1-5H3. The number of hydrogen-bond donors (Lipinski definition) is 0. The molecule has 0 bridgehead atoms. The van der Waals surface area contributed by atoms with Crippen molar-refractivity contribution in [3.05, 3.63) is 63.5 Å². The van der Waals surface area contributed by atoms with E-state index in [1.165, 1.54) is 16.8 Å². The van der Waals surface area contributed by atoms with Crippen molar-refractivity contribution in [2.75, 3.05) is 7.11 Å². The lowest BCUT2D eigenvalue weighted by Crippen LogP contribution is -2.15. The summed E-state index contributed by atoms with van der Waals surface area (Å²) in [5.41, 5.74) is 5.68. The zero-order valence-corrected chi connectivity index (χ0v) is 16.4. The smallest absolute Gasteiger partial charge is 0.140 e. The van der Waals surface area contributed by atoms with Crippen LogP contribution in [-0.2, 0) is 11.8 Å². The minimum atomic E-state index is -0.0255. The SMILES string of the molecule is COc1ccccc1Cc1c(C(C)(C)C)nc2c(C)cc(Br)cn12. The molecule has 126 valence electrons. The number of imidazole rings is 1. The molecule has 0 aliphatic rings. The highest BCUT2D eigenvalue weighted by Gasteiger charge is 2.25. The Hall–Kier alpha value is -1.81. The molecule has 0 saturated heterocycles. The van der Waals surface area contributed by atoms with Crippen LogP contribution in [0.3, 0.4) is 0 Å². The second-order valence-electron chi connectivity index (χ2n) is 7.18. The van der Waals surface area contributed by atoms with Gasteiger partial charge in [0.15, 0.2) is 0 Å². The highest BCUT2D eigenvalue weighted by Crippen LogP contribution is 2.31. The first-order valence-electron chi connectivity index (χ1n) is 8.10. The van der Waals surface area contributed by atoms with Crippen molar-refractivity contribution in [1.29, 1.82) is 0 Å². The number of aryl methyl sites for hydroxylation is 1. The summed E-state index contributed by atoms with van der Waals surface area (Å²) < 4.78 is 8.82. The average molecular weight is 387 g/mol. The van der Waals surface area contributed by atoms with Gasteiger partial charge in [0.25, 0.3) is 0 Å². The molecule has 4 heteroatoms. The number of rotatable bonds is 3. The van der Waals surface area contributed by atoms with Crippen molar-refractivity contribution in [2.24, 2.45) is 0 Å². The first-order valence-corrected chi connectivity index (χ1v) is 8.90. The first-order chi connectivity index (χ1) is 11.3. The average Bonchev–Trinajstić information content (AvgIpc) is 2.87. The van der Waals surface area contributed by atoms with Gasteiger partial charge in [-0.1, -0.05) is 39.0 Å². The molecule has 0 aliphatic carbocycles. The Kier molecular flexibility index (Phi) is 4.43. The normalized spacial score (nSPS) is 11.9. The zero-order valence-electron chi connectivity index (χ0n) is 14.9. The van der Waals surface area contributed by atoms with Gasteiger partial charge in [-0.3, -0.25) is 0 Å². The van der Waals surface area contributed by atoms with Crippen molar-refractivity contribution in [1.82, 2.24) is 9.38 Å². The van der Waals surface area contributed by atoms with Gasteiger partial charge >= 0.3 is 0 Å². The van der Waals surface area contributed by atoms with Crippen LogP contribution in [0.5, 0.6) is 5.75 Å². The van der Waals surface area contributed by atoms with Crippen molar-refractivity contribution in [2.45, 2.75) is 39.5 Å². The second-order valence-corrected chi connectivity index (χ2v) is 8.10. The monoisotopic (exact) mass is 386 g/mol. The molecule has 0 radical (unpaired) electrons. The Morgan fingerprint density at radius 2 is 1.92 bits per heavy atom. The van der Waals surface area contributed by atoms with Gasteiger partial charge in [0.05, 0.1) is 18.5 Å². The van der Waals surface area contributed by atoms with Gasteiger partial charge in [0.1, 0.15) is 11.4 Å². The summed E-state index contributed by atoms with van der Waals surface area (Å²) in [7, 11) is 1.72. The summed E-state index contributed by atoms with van der Waals surface area (Å²) in [4.78, 5) is 4.98. The van der Waals surface area contributed by atoms with Crippen LogP contribution < -0.4 is 4.74 Å². The number of halogens is 1. The number of para-hydroxylation sites is 1. The highest BCUT2D eigenvalue weighted by molar-refractivity contribution is 9.10. The maximum atomic E-state index is 5.54. The Balaban J connectivity index is 2.25. The third kappa shape index (κ3) is 3.07. The van der Waals surface area contributed by atoms with Gasteiger partial charge < -0.3 is 9.14 Å². The van der Waals surface area contributed by atoms with E-state index in [4.69, 9.17) is 9.72 Å². The van der Waals surface area contributed by atoms with Crippen LogP contribution in [0.4, 0.5) is 0 Å². The first kappa shape index (κ1) is 17.0. The van der Waals surface area contributed by atoms with Crippen LogP contribution >= 0.6 is 15.9 Å². The number of benzene rings is 1. The Morgan fingerprint density at radius 1 is 1.21 bits per heavy atom. The lowest BCUT2D eigenvalue weighted by atomic mass is 9.89. The van der Waals surface area contributed by atoms with Crippen molar-refractivity contribution in [3.63, 3.8) is 0 Å². The van der Waals surface area contributed by atoms with Gasteiger partial charge in [0.2, 0.25) is 0 Å². The molecule has 3 rings (SSSR count). The predicted octanol–water partition coefficient (Wildman–Crippen LogP) is 5.30. The largest absolute Gasteiger partial charge is 0.496 e. The zero-order chi connectivity index (χ0) is 17.5. The van der Waals surface area contributed by atoms with Gasteiger partial charge in [0, 0.05) is 28.1 Å². The molecule has 0 unspecified atom stereocenters. The van der Waals surface area contributed by atoms with Gasteiger partial charge in [-0.25, -0.2) is 4.98 Å². The van der Waals surface area contributed by atoms with E-state index >= 15 is 0 Å². The molecule has 2 aromatic heterocycles. The number of aromatic nitrogens is 2. The molecule has 3 aromatic rings. The Labute approximate surface area is 151 Å². The molecule has 0 fully saturated rings. The van der Waals surface area contributed by atoms with E-state index in [9.17, 15) is 0 Å². The van der Waals surface area contributed by atoms with Crippen LogP contribution in [0, 0.1) is 6.92 Å². The summed E-state index contributed by atoms with van der Waals surface area (Å²) in [6.07, 6.45) is 2.89. The van der Waals surface area contributed by atoms with Gasteiger partial charge in [-0.2, -0.15) is 0 Å². The summed E-state index contributed by atoms with van der Waals surface area (Å²) in [6.45, 7) is 8.74. The van der Waals surface area contributed by atoms with E-state index in [1.54, 1.807) is 7.11 Å². The van der Waals surface area contributed by atoms with Gasteiger partial charge in [-0.15, -0.1) is 0 Å². The summed E-state index contributed by atoms with van der Waals surface area (Å²) in [5, 5.41) is 0. The number of methoxy groups -OCH3 is 1. The molecular weight excluding hydrogens is 364 g/mol.